The Morgan fingerprint density at radius 1 is 1.00 bits per heavy atom. The van der Waals surface area contributed by atoms with E-state index in [2.05, 4.69) is 0 Å². The Labute approximate surface area is 85.4 Å². The molecule has 0 aromatic heterocycles. The van der Waals surface area contributed by atoms with E-state index in [0.29, 0.717) is 12.8 Å². The van der Waals surface area contributed by atoms with Crippen molar-refractivity contribution in [2.24, 2.45) is 0 Å². The Balaban J connectivity index is 4.11. The fraction of sp³-hybridized carbons (Fsp3) is 0.727. The van der Waals surface area contributed by atoms with Crippen LogP contribution in [-0.4, -0.2) is 16.0 Å². The lowest BCUT2D eigenvalue weighted by molar-refractivity contribution is -0.118. The minimum atomic E-state index is -0.438. The van der Waals surface area contributed by atoms with Gasteiger partial charge < -0.3 is 10.2 Å². The topological polar surface area (TPSA) is 57.5 Å². The molecule has 0 aliphatic heterocycles. The lowest BCUT2D eigenvalue weighted by Gasteiger charge is -2.03. The van der Waals surface area contributed by atoms with Crippen LogP contribution in [0.1, 0.15) is 52.4 Å². The number of unbranched alkanes of at least 4 members (excludes halogenated alkanes) is 2. The first kappa shape index (κ1) is 13.0. The van der Waals surface area contributed by atoms with E-state index in [4.69, 9.17) is 0 Å². The number of hydrogen-bond acceptors (Lipinski definition) is 3. The Hall–Kier alpha value is -0.990. The summed E-state index contributed by atoms with van der Waals surface area (Å²) >= 11 is 0. The van der Waals surface area contributed by atoms with E-state index >= 15 is 0 Å². The van der Waals surface area contributed by atoms with Gasteiger partial charge in [-0.3, -0.25) is 4.79 Å². The number of aliphatic hydroxyl groups is 2. The molecule has 0 heterocycles. The SMILES string of the molecule is CCCCC(=O)/C(O)=C(\O)CCCC. The molecule has 2 N–H and O–H groups in total. The van der Waals surface area contributed by atoms with Gasteiger partial charge in [-0.25, -0.2) is 0 Å². The Morgan fingerprint density at radius 2 is 1.50 bits per heavy atom. The quantitative estimate of drug-likeness (QED) is 0.490. The number of ketones is 1. The summed E-state index contributed by atoms with van der Waals surface area (Å²) in [4.78, 5) is 11.2. The molecule has 0 unspecified atom stereocenters. The average Bonchev–Trinajstić information content (AvgIpc) is 2.21. The van der Waals surface area contributed by atoms with Crippen molar-refractivity contribution < 1.29 is 15.0 Å². The molecule has 0 atom stereocenters. The molecule has 3 heteroatoms. The molecular formula is C11H20O3. The number of allylic oxidation sites excluding steroid dienone is 2. The van der Waals surface area contributed by atoms with Crippen LogP contribution in [0.4, 0.5) is 0 Å². The molecule has 0 aliphatic carbocycles. The highest BCUT2D eigenvalue weighted by Crippen LogP contribution is 2.11. The highest BCUT2D eigenvalue weighted by Gasteiger charge is 2.12. The summed E-state index contributed by atoms with van der Waals surface area (Å²) in [5.74, 6) is -0.944. The molecule has 0 bridgehead atoms. The Kier molecular flexibility index (Phi) is 6.89. The van der Waals surface area contributed by atoms with Crippen LogP contribution in [0.2, 0.25) is 0 Å². The summed E-state index contributed by atoms with van der Waals surface area (Å²) in [5, 5.41) is 18.6. The largest absolute Gasteiger partial charge is 0.508 e. The van der Waals surface area contributed by atoms with Crippen molar-refractivity contribution in [1.29, 1.82) is 0 Å². The number of Topliss-reactive ketones (excluding diaryl/α,β-unsaturated/α-hetero) is 1. The molecule has 0 aromatic carbocycles. The van der Waals surface area contributed by atoms with Crippen molar-refractivity contribution in [1.82, 2.24) is 0 Å². The first-order valence-corrected chi connectivity index (χ1v) is 5.27. The van der Waals surface area contributed by atoms with Gasteiger partial charge in [-0.15, -0.1) is 0 Å². The van der Waals surface area contributed by atoms with Crippen molar-refractivity contribution in [3.05, 3.63) is 11.5 Å². The van der Waals surface area contributed by atoms with Crippen LogP contribution in [0.15, 0.2) is 11.5 Å². The van der Waals surface area contributed by atoms with Crippen LogP contribution in [0.25, 0.3) is 0 Å². The maximum absolute atomic E-state index is 11.2. The van der Waals surface area contributed by atoms with Crippen molar-refractivity contribution in [3.63, 3.8) is 0 Å². The van der Waals surface area contributed by atoms with E-state index in [1.165, 1.54) is 0 Å². The van der Waals surface area contributed by atoms with Gasteiger partial charge in [-0.05, 0) is 12.8 Å². The van der Waals surface area contributed by atoms with Gasteiger partial charge in [0, 0.05) is 12.8 Å². The third-order valence-electron chi connectivity index (χ3n) is 2.06. The molecular weight excluding hydrogens is 180 g/mol. The number of aliphatic hydroxyl groups excluding tert-OH is 2. The van der Waals surface area contributed by atoms with Gasteiger partial charge in [-0.2, -0.15) is 0 Å². The lowest BCUT2D eigenvalue weighted by Crippen LogP contribution is -2.05. The molecule has 0 aromatic rings. The summed E-state index contributed by atoms with van der Waals surface area (Å²) in [5.41, 5.74) is 0. The minimum absolute atomic E-state index is 0.159. The van der Waals surface area contributed by atoms with E-state index in [9.17, 15) is 15.0 Å². The first-order valence-electron chi connectivity index (χ1n) is 5.27. The summed E-state index contributed by atoms with van der Waals surface area (Å²) in [6.07, 6.45) is 4.09. The predicted molar refractivity (Wildman–Crippen MR) is 56.3 cm³/mol. The second kappa shape index (κ2) is 7.42. The fourth-order valence-corrected chi connectivity index (χ4v) is 1.08. The lowest BCUT2D eigenvalue weighted by atomic mass is 10.1. The molecule has 0 rings (SSSR count). The maximum atomic E-state index is 11.2. The molecule has 14 heavy (non-hydrogen) atoms. The van der Waals surface area contributed by atoms with E-state index < -0.39 is 5.76 Å². The van der Waals surface area contributed by atoms with E-state index in [1.54, 1.807) is 0 Å². The summed E-state index contributed by atoms with van der Waals surface area (Å²) < 4.78 is 0. The monoisotopic (exact) mass is 200 g/mol. The fourth-order valence-electron chi connectivity index (χ4n) is 1.08. The zero-order valence-corrected chi connectivity index (χ0v) is 9.05. The Morgan fingerprint density at radius 3 is 2.00 bits per heavy atom. The highest BCUT2D eigenvalue weighted by atomic mass is 16.3. The molecule has 0 radical (unpaired) electrons. The number of hydrogen-bond donors (Lipinski definition) is 2. The molecule has 0 fully saturated rings. The molecule has 0 spiro atoms. The van der Waals surface area contributed by atoms with Gasteiger partial charge >= 0.3 is 0 Å². The van der Waals surface area contributed by atoms with E-state index in [-0.39, 0.29) is 11.5 Å². The normalized spacial score (nSPS) is 12.4. The van der Waals surface area contributed by atoms with Crippen molar-refractivity contribution in [2.75, 3.05) is 0 Å². The summed E-state index contributed by atoms with van der Waals surface area (Å²) in [6.45, 7) is 3.97. The standard InChI is InChI=1S/C11H20O3/c1-3-5-7-9(12)11(14)10(13)8-6-4-2/h12,14H,3-8H2,1-2H3/b11-9+. The van der Waals surface area contributed by atoms with E-state index in [0.717, 1.165) is 25.7 Å². The van der Waals surface area contributed by atoms with Crippen molar-refractivity contribution >= 4 is 5.78 Å². The first-order chi connectivity index (χ1) is 6.63. The third kappa shape index (κ3) is 4.90. The van der Waals surface area contributed by atoms with Gasteiger partial charge in [0.2, 0.25) is 5.78 Å². The smallest absolute Gasteiger partial charge is 0.200 e. The van der Waals surface area contributed by atoms with Gasteiger partial charge in [-0.1, -0.05) is 26.7 Å². The highest BCUT2D eigenvalue weighted by molar-refractivity contribution is 5.93. The molecule has 0 saturated carbocycles. The van der Waals surface area contributed by atoms with Gasteiger partial charge in [0.05, 0.1) is 0 Å². The van der Waals surface area contributed by atoms with Crippen molar-refractivity contribution in [2.45, 2.75) is 52.4 Å². The zero-order valence-electron chi connectivity index (χ0n) is 9.05. The molecule has 0 amide bonds. The van der Waals surface area contributed by atoms with Crippen LogP contribution in [0.3, 0.4) is 0 Å². The number of carbonyl (C=O) groups excluding carboxylic acids is 1. The van der Waals surface area contributed by atoms with Crippen LogP contribution in [0, 0.1) is 0 Å². The van der Waals surface area contributed by atoms with Crippen LogP contribution in [0.5, 0.6) is 0 Å². The number of carbonyl (C=O) groups is 1. The molecule has 3 nitrogen and oxygen atoms in total. The second-order valence-electron chi connectivity index (χ2n) is 3.43. The molecule has 82 valence electrons. The van der Waals surface area contributed by atoms with Crippen LogP contribution in [-0.2, 0) is 4.79 Å². The number of rotatable bonds is 7. The van der Waals surface area contributed by atoms with Crippen LogP contribution < -0.4 is 0 Å². The van der Waals surface area contributed by atoms with Gasteiger partial charge in [0.25, 0.3) is 0 Å². The maximum Gasteiger partial charge on any atom is 0.200 e. The average molecular weight is 200 g/mol. The Bertz CT molecular complexity index is 207. The van der Waals surface area contributed by atoms with Crippen molar-refractivity contribution in [3.8, 4) is 0 Å². The summed E-state index contributed by atoms with van der Waals surface area (Å²) in [6, 6.07) is 0. The summed E-state index contributed by atoms with van der Waals surface area (Å²) in [7, 11) is 0. The van der Waals surface area contributed by atoms with Gasteiger partial charge in [0.15, 0.2) is 5.76 Å². The van der Waals surface area contributed by atoms with Crippen LogP contribution >= 0.6 is 0 Å². The minimum Gasteiger partial charge on any atom is -0.508 e. The van der Waals surface area contributed by atoms with Gasteiger partial charge in [0.1, 0.15) is 5.76 Å². The van der Waals surface area contributed by atoms with E-state index in [1.807, 2.05) is 13.8 Å². The zero-order chi connectivity index (χ0) is 11.0. The second-order valence-corrected chi connectivity index (χ2v) is 3.43. The predicted octanol–water partition coefficient (Wildman–Crippen LogP) is 3.26. The molecule has 0 aliphatic rings. The third-order valence-corrected chi connectivity index (χ3v) is 2.06. The molecule has 0 saturated heterocycles.